The van der Waals surface area contributed by atoms with E-state index < -0.39 is 35.2 Å². The Kier molecular flexibility index (Phi) is 11.0. The molecule has 0 aliphatic heterocycles. The van der Waals surface area contributed by atoms with Crippen LogP contribution in [0.15, 0.2) is 0 Å². The molecule has 9 nitrogen and oxygen atoms in total. The molecule has 0 fully saturated rings. The van der Waals surface area contributed by atoms with E-state index in [-0.39, 0.29) is 37.8 Å². The van der Waals surface area contributed by atoms with Gasteiger partial charge in [0.2, 0.25) is 5.91 Å². The third kappa shape index (κ3) is 12.4. The van der Waals surface area contributed by atoms with Gasteiger partial charge in [0.1, 0.15) is 17.2 Å². The van der Waals surface area contributed by atoms with Crippen LogP contribution in [0, 0.1) is 5.92 Å². The maximum Gasteiger partial charge on any atom is 0.408 e. The van der Waals surface area contributed by atoms with Crippen molar-refractivity contribution in [1.82, 2.24) is 10.2 Å². The Morgan fingerprint density at radius 1 is 0.967 bits per heavy atom. The number of alkyl carbamates (subject to hydrolysis) is 1. The van der Waals surface area contributed by atoms with E-state index in [1.165, 1.54) is 4.90 Å². The summed E-state index contributed by atoms with van der Waals surface area (Å²) in [6.07, 6.45) is -0.360. The summed E-state index contributed by atoms with van der Waals surface area (Å²) >= 11 is 0. The standard InChI is InChI=1S/C21H39N3O6/c1-14(2)11-16(18(27)29-20(3,4)5)24(17(26)12-22)10-9-15(25)13-23-19(28)30-21(6,7)8/h14,16H,9-13,22H2,1-8H3,(H,23,28). The van der Waals surface area contributed by atoms with E-state index in [0.717, 1.165) is 0 Å². The number of carbonyl (C=O) groups excluding carboxylic acids is 4. The first-order valence-corrected chi connectivity index (χ1v) is 10.3. The lowest BCUT2D eigenvalue weighted by Gasteiger charge is -2.33. The van der Waals surface area contributed by atoms with Crippen molar-refractivity contribution >= 4 is 23.8 Å². The highest BCUT2D eigenvalue weighted by atomic mass is 16.6. The topological polar surface area (TPSA) is 128 Å². The Balaban J connectivity index is 5.14. The van der Waals surface area contributed by atoms with Crippen LogP contribution in [-0.4, -0.2) is 65.5 Å². The molecule has 0 radical (unpaired) electrons. The maximum absolute atomic E-state index is 12.7. The first-order valence-electron chi connectivity index (χ1n) is 10.3. The van der Waals surface area contributed by atoms with Gasteiger partial charge in [-0.05, 0) is 53.9 Å². The average Bonchev–Trinajstić information content (AvgIpc) is 2.55. The fraction of sp³-hybridized carbons (Fsp3) is 0.810. The molecule has 174 valence electrons. The molecule has 1 atom stereocenters. The summed E-state index contributed by atoms with van der Waals surface area (Å²) in [5, 5.41) is 2.39. The van der Waals surface area contributed by atoms with Gasteiger partial charge in [-0.1, -0.05) is 13.8 Å². The molecular formula is C21H39N3O6. The second kappa shape index (κ2) is 11.9. The number of hydrogen-bond donors (Lipinski definition) is 2. The third-order valence-corrected chi connectivity index (χ3v) is 3.71. The summed E-state index contributed by atoms with van der Waals surface area (Å²) in [5.74, 6) is -1.17. The first-order chi connectivity index (χ1) is 13.6. The number of nitrogens with two attached hydrogens (primary N) is 1. The van der Waals surface area contributed by atoms with Crippen LogP contribution in [0.1, 0.15) is 68.2 Å². The summed E-state index contributed by atoms with van der Waals surface area (Å²) in [5.41, 5.74) is 4.15. The lowest BCUT2D eigenvalue weighted by atomic mass is 10.0. The quantitative estimate of drug-likeness (QED) is 0.508. The Morgan fingerprint density at radius 2 is 1.50 bits per heavy atom. The van der Waals surface area contributed by atoms with Crippen molar-refractivity contribution in [3.05, 3.63) is 0 Å². The van der Waals surface area contributed by atoms with Crippen molar-refractivity contribution in [2.75, 3.05) is 19.6 Å². The molecule has 0 saturated carbocycles. The summed E-state index contributed by atoms with van der Waals surface area (Å²) in [4.78, 5) is 50.4. The fourth-order valence-corrected chi connectivity index (χ4v) is 2.56. The van der Waals surface area contributed by atoms with Gasteiger partial charge >= 0.3 is 12.1 Å². The van der Waals surface area contributed by atoms with Gasteiger partial charge < -0.3 is 25.4 Å². The molecule has 0 spiro atoms. The minimum Gasteiger partial charge on any atom is -0.458 e. The number of nitrogens with one attached hydrogen (secondary N) is 1. The Labute approximate surface area is 180 Å². The van der Waals surface area contributed by atoms with Gasteiger partial charge in [-0.2, -0.15) is 0 Å². The molecule has 0 aromatic rings. The van der Waals surface area contributed by atoms with E-state index in [4.69, 9.17) is 15.2 Å². The zero-order valence-corrected chi connectivity index (χ0v) is 19.7. The van der Waals surface area contributed by atoms with Gasteiger partial charge in [0.25, 0.3) is 0 Å². The maximum atomic E-state index is 12.7. The molecule has 0 aliphatic rings. The van der Waals surface area contributed by atoms with Crippen LogP contribution >= 0.6 is 0 Å². The van der Waals surface area contributed by atoms with Crippen LogP contribution in [0.5, 0.6) is 0 Å². The molecule has 0 heterocycles. The van der Waals surface area contributed by atoms with Gasteiger partial charge in [-0.25, -0.2) is 9.59 Å². The van der Waals surface area contributed by atoms with E-state index >= 15 is 0 Å². The normalized spacial score (nSPS) is 12.9. The van der Waals surface area contributed by atoms with E-state index in [1.54, 1.807) is 41.5 Å². The highest BCUT2D eigenvalue weighted by molar-refractivity contribution is 5.87. The minimum absolute atomic E-state index is 0.00148. The molecule has 0 aromatic carbocycles. The third-order valence-electron chi connectivity index (χ3n) is 3.71. The lowest BCUT2D eigenvalue weighted by Crippen LogP contribution is -2.51. The number of esters is 1. The van der Waals surface area contributed by atoms with Crippen LogP contribution in [0.3, 0.4) is 0 Å². The molecule has 2 amide bonds. The molecule has 0 aliphatic carbocycles. The van der Waals surface area contributed by atoms with Crippen LogP contribution in [-0.2, 0) is 23.9 Å². The number of rotatable bonds is 10. The second-order valence-corrected chi connectivity index (χ2v) is 9.61. The molecule has 0 aromatic heterocycles. The molecule has 0 bridgehead atoms. The Bertz CT molecular complexity index is 605. The van der Waals surface area contributed by atoms with E-state index in [9.17, 15) is 19.2 Å². The number of carbonyl (C=O) groups is 4. The molecule has 30 heavy (non-hydrogen) atoms. The highest BCUT2D eigenvalue weighted by Gasteiger charge is 2.33. The molecule has 9 heteroatoms. The molecule has 3 N–H and O–H groups in total. The molecule has 0 rings (SSSR count). The summed E-state index contributed by atoms with van der Waals surface area (Å²) in [7, 11) is 0. The zero-order valence-electron chi connectivity index (χ0n) is 19.7. The van der Waals surface area contributed by atoms with Gasteiger partial charge in [-0.15, -0.1) is 0 Å². The van der Waals surface area contributed by atoms with Crippen molar-refractivity contribution in [3.8, 4) is 0 Å². The lowest BCUT2D eigenvalue weighted by molar-refractivity contribution is -0.165. The molecular weight excluding hydrogens is 390 g/mol. The minimum atomic E-state index is -0.841. The predicted octanol–water partition coefficient (Wildman–Crippen LogP) is 2.01. The molecule has 1 unspecified atom stereocenters. The monoisotopic (exact) mass is 429 g/mol. The average molecular weight is 430 g/mol. The van der Waals surface area contributed by atoms with E-state index in [2.05, 4.69) is 5.32 Å². The number of Topliss-reactive ketones (excluding diaryl/α,β-unsaturated/α-hetero) is 1. The Hall–Kier alpha value is -2.16. The van der Waals surface area contributed by atoms with Gasteiger partial charge in [-0.3, -0.25) is 9.59 Å². The van der Waals surface area contributed by atoms with Gasteiger partial charge in [0.05, 0.1) is 13.1 Å². The zero-order chi connectivity index (χ0) is 23.7. The predicted molar refractivity (Wildman–Crippen MR) is 114 cm³/mol. The first kappa shape index (κ1) is 27.8. The summed E-state index contributed by atoms with van der Waals surface area (Å²) in [6, 6.07) is -0.841. The Morgan fingerprint density at radius 3 is 1.93 bits per heavy atom. The van der Waals surface area contributed by atoms with Crippen LogP contribution in [0.4, 0.5) is 4.79 Å². The van der Waals surface area contributed by atoms with E-state index in [1.807, 2.05) is 13.8 Å². The van der Waals surface area contributed by atoms with Crippen molar-refractivity contribution in [2.45, 2.75) is 85.5 Å². The molecule has 0 saturated heterocycles. The summed E-state index contributed by atoms with van der Waals surface area (Å²) < 4.78 is 10.6. The van der Waals surface area contributed by atoms with Crippen molar-refractivity contribution < 1.29 is 28.7 Å². The second-order valence-electron chi connectivity index (χ2n) is 9.61. The van der Waals surface area contributed by atoms with Crippen LogP contribution in [0.25, 0.3) is 0 Å². The fourth-order valence-electron chi connectivity index (χ4n) is 2.56. The highest BCUT2D eigenvalue weighted by Crippen LogP contribution is 2.18. The van der Waals surface area contributed by atoms with Gasteiger partial charge in [0, 0.05) is 13.0 Å². The van der Waals surface area contributed by atoms with Crippen LogP contribution in [0.2, 0.25) is 0 Å². The number of ether oxygens (including phenoxy) is 2. The van der Waals surface area contributed by atoms with Crippen molar-refractivity contribution in [3.63, 3.8) is 0 Å². The van der Waals surface area contributed by atoms with Crippen LogP contribution < -0.4 is 11.1 Å². The SMILES string of the molecule is CC(C)CC(C(=O)OC(C)(C)C)N(CCC(=O)CNC(=O)OC(C)(C)C)C(=O)CN. The number of nitrogens with zero attached hydrogens (tertiary/aromatic N) is 1. The van der Waals surface area contributed by atoms with E-state index in [0.29, 0.717) is 6.42 Å². The van der Waals surface area contributed by atoms with Crippen molar-refractivity contribution in [2.24, 2.45) is 11.7 Å². The van der Waals surface area contributed by atoms with Gasteiger partial charge in [0.15, 0.2) is 5.78 Å². The number of amides is 2. The summed E-state index contributed by atoms with van der Waals surface area (Å²) in [6.45, 7) is 13.7. The van der Waals surface area contributed by atoms with Crippen molar-refractivity contribution in [1.29, 1.82) is 0 Å². The number of ketones is 1. The number of hydrogen-bond acceptors (Lipinski definition) is 7. The largest absolute Gasteiger partial charge is 0.458 e. The smallest absolute Gasteiger partial charge is 0.408 e.